The summed E-state index contributed by atoms with van der Waals surface area (Å²) >= 11 is 0. The van der Waals surface area contributed by atoms with Crippen LogP contribution in [0.4, 0.5) is 0 Å². The van der Waals surface area contributed by atoms with E-state index in [1.165, 1.54) is 37.9 Å². The second-order valence-electron chi connectivity index (χ2n) is 8.31. The van der Waals surface area contributed by atoms with E-state index in [1.807, 2.05) is 6.20 Å². The quantitative estimate of drug-likeness (QED) is 0.499. The summed E-state index contributed by atoms with van der Waals surface area (Å²) in [4.78, 5) is 14.5. The number of H-pyrrole nitrogens is 1. The molecule has 0 amide bonds. The number of piperidine rings is 1. The van der Waals surface area contributed by atoms with Crippen LogP contribution < -0.4 is 5.14 Å². The Morgan fingerprint density at radius 1 is 0.935 bits per heavy atom. The van der Waals surface area contributed by atoms with Crippen molar-refractivity contribution < 1.29 is 8.42 Å². The number of rotatable bonds is 5. The predicted molar refractivity (Wildman–Crippen MR) is 123 cm³/mol. The summed E-state index contributed by atoms with van der Waals surface area (Å²) in [6.45, 7) is 3.37. The van der Waals surface area contributed by atoms with E-state index in [0.29, 0.717) is 5.69 Å². The highest BCUT2D eigenvalue weighted by Gasteiger charge is 2.13. The molecule has 0 radical (unpaired) electrons. The summed E-state index contributed by atoms with van der Waals surface area (Å²) in [5.74, 6) is -0.290. The van der Waals surface area contributed by atoms with Gasteiger partial charge in [-0.05, 0) is 49.2 Å². The zero-order chi connectivity index (χ0) is 21.4. The maximum absolute atomic E-state index is 11.4. The highest BCUT2D eigenvalue weighted by molar-refractivity contribution is 7.88. The Morgan fingerprint density at radius 2 is 1.71 bits per heavy atom. The van der Waals surface area contributed by atoms with E-state index >= 15 is 0 Å². The van der Waals surface area contributed by atoms with Crippen molar-refractivity contribution >= 4 is 32.0 Å². The molecule has 3 aromatic heterocycles. The lowest BCUT2D eigenvalue weighted by atomic mass is 10.0. The third-order valence-corrected chi connectivity index (χ3v) is 6.58. The minimum absolute atomic E-state index is 0.290. The van der Waals surface area contributed by atoms with Crippen LogP contribution in [0.3, 0.4) is 0 Å². The van der Waals surface area contributed by atoms with Gasteiger partial charge in [0.2, 0.25) is 10.0 Å². The molecule has 5 rings (SSSR count). The van der Waals surface area contributed by atoms with Crippen LogP contribution in [0.1, 0.15) is 30.5 Å². The number of hydrogen-bond donors (Lipinski definition) is 2. The van der Waals surface area contributed by atoms with Crippen LogP contribution in [-0.2, 0) is 22.3 Å². The normalized spacial score (nSPS) is 15.6. The number of pyridine rings is 2. The second kappa shape index (κ2) is 8.03. The van der Waals surface area contributed by atoms with Crippen molar-refractivity contribution in [3.8, 4) is 11.1 Å². The number of aromatic amines is 1. The maximum atomic E-state index is 11.4. The van der Waals surface area contributed by atoms with Gasteiger partial charge in [0.25, 0.3) is 0 Å². The van der Waals surface area contributed by atoms with Crippen LogP contribution in [0.2, 0.25) is 0 Å². The van der Waals surface area contributed by atoms with Gasteiger partial charge in [-0.3, -0.25) is 9.88 Å². The number of nitrogens with two attached hydrogens (primary N) is 1. The van der Waals surface area contributed by atoms with Gasteiger partial charge >= 0.3 is 0 Å². The fourth-order valence-electron chi connectivity index (χ4n) is 4.34. The Labute approximate surface area is 181 Å². The van der Waals surface area contributed by atoms with E-state index in [2.05, 4.69) is 50.2 Å². The molecule has 0 atom stereocenters. The highest BCUT2D eigenvalue weighted by atomic mass is 32.2. The molecule has 1 aliphatic rings. The Morgan fingerprint density at radius 3 is 2.45 bits per heavy atom. The summed E-state index contributed by atoms with van der Waals surface area (Å²) in [6.07, 6.45) is 7.42. The number of aromatic nitrogens is 3. The second-order valence-corrected chi connectivity index (χ2v) is 9.92. The monoisotopic (exact) mass is 435 g/mol. The average Bonchev–Trinajstić information content (AvgIpc) is 3.11. The molecule has 1 saturated heterocycles. The molecule has 4 aromatic rings. The maximum Gasteiger partial charge on any atom is 0.214 e. The van der Waals surface area contributed by atoms with Crippen molar-refractivity contribution in [2.75, 3.05) is 13.1 Å². The molecule has 160 valence electrons. The van der Waals surface area contributed by atoms with Crippen molar-refractivity contribution in [2.24, 2.45) is 5.14 Å². The SMILES string of the molecule is NS(=O)(=O)Cc1cc2c(cn1)[nH]c1ncc(-c3ccc(CN4CCCCC4)cc3)cc12. The first-order valence-corrected chi connectivity index (χ1v) is 12.2. The molecule has 0 aliphatic carbocycles. The van der Waals surface area contributed by atoms with Crippen LogP contribution in [-0.4, -0.2) is 41.4 Å². The van der Waals surface area contributed by atoms with Gasteiger partial charge in [-0.1, -0.05) is 30.7 Å². The van der Waals surface area contributed by atoms with Crippen LogP contribution in [0, 0.1) is 0 Å². The number of fused-ring (bicyclic) bond motifs is 3. The number of primary sulfonamides is 1. The predicted octanol–water partition coefficient (Wildman–Crippen LogP) is 3.55. The number of likely N-dealkylation sites (tertiary alicyclic amines) is 1. The van der Waals surface area contributed by atoms with Gasteiger partial charge in [0.15, 0.2) is 0 Å². The first-order chi connectivity index (χ1) is 14.9. The lowest BCUT2D eigenvalue weighted by Gasteiger charge is -2.26. The van der Waals surface area contributed by atoms with Crippen LogP contribution in [0.15, 0.2) is 48.8 Å². The third-order valence-electron chi connectivity index (χ3n) is 5.88. The largest absolute Gasteiger partial charge is 0.338 e. The number of hydrogen-bond acceptors (Lipinski definition) is 5. The van der Waals surface area contributed by atoms with E-state index in [9.17, 15) is 8.42 Å². The van der Waals surface area contributed by atoms with Gasteiger partial charge in [0.1, 0.15) is 11.4 Å². The van der Waals surface area contributed by atoms with E-state index in [4.69, 9.17) is 5.14 Å². The first kappa shape index (κ1) is 20.1. The number of sulfonamides is 1. The summed E-state index contributed by atoms with van der Waals surface area (Å²) in [7, 11) is -3.64. The molecule has 8 heteroatoms. The van der Waals surface area contributed by atoms with Gasteiger partial charge in [0.05, 0.1) is 17.4 Å². The zero-order valence-corrected chi connectivity index (χ0v) is 18.0. The minimum Gasteiger partial charge on any atom is -0.338 e. The molecule has 31 heavy (non-hydrogen) atoms. The fraction of sp³-hybridized carbons (Fsp3) is 0.304. The number of benzene rings is 1. The number of nitrogens with zero attached hydrogens (tertiary/aromatic N) is 3. The van der Waals surface area contributed by atoms with Crippen LogP contribution in [0.5, 0.6) is 0 Å². The molecule has 1 fully saturated rings. The summed E-state index contributed by atoms with van der Waals surface area (Å²) in [5, 5.41) is 7.00. The zero-order valence-electron chi connectivity index (χ0n) is 17.2. The molecule has 4 heterocycles. The van der Waals surface area contributed by atoms with Gasteiger partial charge in [-0.25, -0.2) is 18.5 Å². The molecule has 0 unspecified atom stereocenters. The standard InChI is InChI=1S/C23H25N5O2S/c24-31(29,30)15-19-11-20-21-10-18(12-26-23(21)27-22(20)13-25-19)17-6-4-16(5-7-17)14-28-8-2-1-3-9-28/h4-7,10-13H,1-3,8-9,14-15H2,(H,26,27)(H2,24,29,30). The minimum atomic E-state index is -3.64. The lowest BCUT2D eigenvalue weighted by Crippen LogP contribution is -2.28. The van der Waals surface area contributed by atoms with E-state index in [-0.39, 0.29) is 5.75 Å². The molecular weight excluding hydrogens is 410 g/mol. The molecule has 1 aromatic carbocycles. The van der Waals surface area contributed by atoms with Crippen LogP contribution in [0.25, 0.3) is 33.1 Å². The molecule has 3 N–H and O–H groups in total. The van der Waals surface area contributed by atoms with E-state index in [0.717, 1.165) is 39.6 Å². The first-order valence-electron chi connectivity index (χ1n) is 10.5. The summed E-state index contributed by atoms with van der Waals surface area (Å²) in [5.41, 5.74) is 5.42. The van der Waals surface area contributed by atoms with E-state index < -0.39 is 10.0 Å². The van der Waals surface area contributed by atoms with Gasteiger partial charge < -0.3 is 4.98 Å². The van der Waals surface area contributed by atoms with Crippen LogP contribution >= 0.6 is 0 Å². The fourth-order valence-corrected chi connectivity index (χ4v) is 4.91. The van der Waals surface area contributed by atoms with Crippen molar-refractivity contribution in [3.05, 3.63) is 60.0 Å². The smallest absolute Gasteiger partial charge is 0.214 e. The van der Waals surface area contributed by atoms with Crippen molar-refractivity contribution in [1.82, 2.24) is 19.9 Å². The van der Waals surface area contributed by atoms with Crippen molar-refractivity contribution in [3.63, 3.8) is 0 Å². The van der Waals surface area contributed by atoms with Crippen molar-refractivity contribution in [2.45, 2.75) is 31.6 Å². The highest BCUT2D eigenvalue weighted by Crippen LogP contribution is 2.29. The molecule has 0 spiro atoms. The topological polar surface area (TPSA) is 105 Å². The molecule has 0 bridgehead atoms. The van der Waals surface area contributed by atoms with Gasteiger partial charge in [-0.2, -0.15) is 0 Å². The molecule has 0 saturated carbocycles. The summed E-state index contributed by atoms with van der Waals surface area (Å²) in [6, 6.07) is 12.5. The molecule has 1 aliphatic heterocycles. The Balaban J connectivity index is 1.45. The molecular formula is C23H25N5O2S. The van der Waals surface area contributed by atoms with E-state index in [1.54, 1.807) is 12.3 Å². The Kier molecular flexibility index (Phi) is 5.21. The number of nitrogens with one attached hydrogen (secondary N) is 1. The molecule has 7 nitrogen and oxygen atoms in total. The summed E-state index contributed by atoms with van der Waals surface area (Å²) < 4.78 is 22.9. The van der Waals surface area contributed by atoms with Gasteiger partial charge in [0, 0.05) is 29.1 Å². The Hall–Kier alpha value is -2.81. The average molecular weight is 436 g/mol. The van der Waals surface area contributed by atoms with Gasteiger partial charge in [-0.15, -0.1) is 0 Å². The lowest BCUT2D eigenvalue weighted by molar-refractivity contribution is 0.221. The van der Waals surface area contributed by atoms with Crippen molar-refractivity contribution in [1.29, 1.82) is 0 Å². The third kappa shape index (κ3) is 4.46. The Bertz CT molecular complexity index is 1340.